The molecule has 5 heteroatoms. The van der Waals surface area contributed by atoms with E-state index in [1.165, 1.54) is 6.92 Å². The minimum absolute atomic E-state index is 0.132. The fourth-order valence-electron chi connectivity index (χ4n) is 2.63. The van der Waals surface area contributed by atoms with Crippen LogP contribution in [0.2, 0.25) is 0 Å². The first-order chi connectivity index (χ1) is 9.47. The quantitative estimate of drug-likeness (QED) is 0.797. The molecule has 3 atom stereocenters. The van der Waals surface area contributed by atoms with Crippen LogP contribution in [0.3, 0.4) is 0 Å². The lowest BCUT2D eigenvalue weighted by molar-refractivity contribution is -0.161. The van der Waals surface area contributed by atoms with Crippen molar-refractivity contribution < 1.29 is 23.7 Å². The van der Waals surface area contributed by atoms with E-state index in [1.807, 2.05) is 19.9 Å². The number of esters is 1. The molecule has 20 heavy (non-hydrogen) atoms. The summed E-state index contributed by atoms with van der Waals surface area (Å²) in [6.45, 7) is 5.23. The normalized spacial score (nSPS) is 24.8. The first-order valence-electron chi connectivity index (χ1n) is 6.56. The maximum atomic E-state index is 11.3. The highest BCUT2D eigenvalue weighted by Crippen LogP contribution is 2.44. The minimum Gasteiger partial charge on any atom is -0.497 e. The summed E-state index contributed by atoms with van der Waals surface area (Å²) in [6.07, 6.45) is -0.812. The molecule has 0 spiro atoms. The van der Waals surface area contributed by atoms with E-state index in [2.05, 4.69) is 0 Å². The number of ether oxygens (including phenoxy) is 4. The smallest absolute Gasteiger partial charge is 0.303 e. The number of carbonyl (C=O) groups excluding carboxylic acids is 1. The first kappa shape index (κ1) is 14.7. The number of hydrogen-bond donors (Lipinski definition) is 0. The lowest BCUT2D eigenvalue weighted by Gasteiger charge is -2.35. The fraction of sp³-hybridized carbons (Fsp3) is 0.533. The van der Waals surface area contributed by atoms with E-state index in [0.717, 1.165) is 11.1 Å². The highest BCUT2D eigenvalue weighted by molar-refractivity contribution is 5.66. The van der Waals surface area contributed by atoms with Crippen molar-refractivity contribution in [3.8, 4) is 11.5 Å². The minimum atomic E-state index is -0.456. The Bertz CT molecular complexity index is 511. The van der Waals surface area contributed by atoms with Crippen LogP contribution in [0.15, 0.2) is 12.1 Å². The van der Waals surface area contributed by atoms with Crippen LogP contribution < -0.4 is 9.47 Å². The van der Waals surface area contributed by atoms with Crippen LogP contribution in [0.1, 0.15) is 44.1 Å². The Hall–Kier alpha value is -1.75. The van der Waals surface area contributed by atoms with Crippen LogP contribution in [-0.4, -0.2) is 26.3 Å². The maximum absolute atomic E-state index is 11.3. The molecule has 1 heterocycles. The number of fused-ring (bicyclic) bond motifs is 1. The number of rotatable bonds is 3. The van der Waals surface area contributed by atoms with Gasteiger partial charge in [-0.3, -0.25) is 4.79 Å². The molecule has 0 saturated carbocycles. The van der Waals surface area contributed by atoms with Crippen LogP contribution in [0.4, 0.5) is 0 Å². The van der Waals surface area contributed by atoms with E-state index in [-0.39, 0.29) is 18.2 Å². The molecule has 110 valence electrons. The number of hydrogen-bond acceptors (Lipinski definition) is 5. The summed E-state index contributed by atoms with van der Waals surface area (Å²) in [6, 6.07) is 3.68. The van der Waals surface area contributed by atoms with Gasteiger partial charge in [0, 0.05) is 24.1 Å². The van der Waals surface area contributed by atoms with Gasteiger partial charge in [-0.1, -0.05) is 0 Å². The summed E-state index contributed by atoms with van der Waals surface area (Å²) >= 11 is 0. The van der Waals surface area contributed by atoms with Crippen molar-refractivity contribution in [2.24, 2.45) is 0 Å². The van der Waals surface area contributed by atoms with Gasteiger partial charge in [-0.25, -0.2) is 0 Å². The third-order valence-electron chi connectivity index (χ3n) is 3.45. The summed E-state index contributed by atoms with van der Waals surface area (Å²) < 4.78 is 21.9. The molecule has 1 aromatic rings. The standard InChI is InChI=1S/C15H20O5/c1-8-14-12(6-11(17-4)7-13(14)18-5)15(9(2)19-8)20-10(3)16/h6-9,15H,1-5H3/t8-,9-,15+/m1/s1. The maximum Gasteiger partial charge on any atom is 0.303 e. The van der Waals surface area contributed by atoms with Gasteiger partial charge in [0.2, 0.25) is 0 Å². The second-order valence-corrected chi connectivity index (χ2v) is 4.85. The Labute approximate surface area is 118 Å². The molecule has 0 N–H and O–H groups in total. The van der Waals surface area contributed by atoms with Crippen molar-refractivity contribution >= 4 is 5.97 Å². The van der Waals surface area contributed by atoms with Gasteiger partial charge in [-0.05, 0) is 19.9 Å². The summed E-state index contributed by atoms with van der Waals surface area (Å²) in [5, 5.41) is 0. The highest BCUT2D eigenvalue weighted by Gasteiger charge is 2.36. The van der Waals surface area contributed by atoms with Gasteiger partial charge in [-0.15, -0.1) is 0 Å². The number of methoxy groups -OCH3 is 2. The largest absolute Gasteiger partial charge is 0.497 e. The van der Waals surface area contributed by atoms with Gasteiger partial charge >= 0.3 is 5.97 Å². The lowest BCUT2D eigenvalue weighted by atomic mass is 9.91. The zero-order valence-electron chi connectivity index (χ0n) is 12.4. The zero-order chi connectivity index (χ0) is 14.9. The van der Waals surface area contributed by atoms with Crippen LogP contribution in [0, 0.1) is 0 Å². The Morgan fingerprint density at radius 2 is 1.90 bits per heavy atom. The summed E-state index contributed by atoms with van der Waals surface area (Å²) in [5.74, 6) is 1.00. The molecule has 0 saturated heterocycles. The van der Waals surface area contributed by atoms with Crippen LogP contribution in [0.25, 0.3) is 0 Å². The van der Waals surface area contributed by atoms with Crippen LogP contribution >= 0.6 is 0 Å². The third-order valence-corrected chi connectivity index (χ3v) is 3.45. The van der Waals surface area contributed by atoms with Gasteiger partial charge in [0.15, 0.2) is 6.10 Å². The van der Waals surface area contributed by atoms with Gasteiger partial charge in [-0.2, -0.15) is 0 Å². The molecular weight excluding hydrogens is 260 g/mol. The monoisotopic (exact) mass is 280 g/mol. The second-order valence-electron chi connectivity index (χ2n) is 4.85. The first-order valence-corrected chi connectivity index (χ1v) is 6.56. The molecule has 0 aromatic heterocycles. The number of carbonyl (C=O) groups is 1. The van der Waals surface area contributed by atoms with E-state index in [4.69, 9.17) is 18.9 Å². The Morgan fingerprint density at radius 3 is 2.45 bits per heavy atom. The zero-order valence-corrected chi connectivity index (χ0v) is 12.4. The van der Waals surface area contributed by atoms with Gasteiger partial charge < -0.3 is 18.9 Å². The molecule has 1 aliphatic rings. The molecule has 2 rings (SSSR count). The second kappa shape index (κ2) is 5.71. The van der Waals surface area contributed by atoms with Crippen molar-refractivity contribution in [3.05, 3.63) is 23.3 Å². The third kappa shape index (κ3) is 2.58. The molecule has 0 amide bonds. The predicted molar refractivity (Wildman–Crippen MR) is 73.0 cm³/mol. The van der Waals surface area contributed by atoms with Gasteiger partial charge in [0.05, 0.1) is 26.4 Å². The van der Waals surface area contributed by atoms with Gasteiger partial charge in [0.1, 0.15) is 11.5 Å². The van der Waals surface area contributed by atoms with E-state index in [9.17, 15) is 4.79 Å². The molecule has 0 radical (unpaired) electrons. The van der Waals surface area contributed by atoms with Crippen LogP contribution in [-0.2, 0) is 14.3 Å². The Balaban J connectivity index is 2.57. The average Bonchev–Trinajstić information content (AvgIpc) is 2.41. The van der Waals surface area contributed by atoms with E-state index in [0.29, 0.717) is 11.5 Å². The molecule has 0 bridgehead atoms. The van der Waals surface area contributed by atoms with E-state index in [1.54, 1.807) is 20.3 Å². The molecule has 1 aromatic carbocycles. The van der Waals surface area contributed by atoms with E-state index < -0.39 is 6.10 Å². The van der Waals surface area contributed by atoms with Crippen LogP contribution in [0.5, 0.6) is 11.5 Å². The number of benzene rings is 1. The SMILES string of the molecule is COc1cc(OC)c2c(c1)[C@@H](OC(C)=O)[C@@H](C)O[C@@H]2C. The molecule has 0 aliphatic carbocycles. The molecular formula is C15H20O5. The summed E-state index contributed by atoms with van der Waals surface area (Å²) in [7, 11) is 3.19. The molecule has 5 nitrogen and oxygen atoms in total. The van der Waals surface area contributed by atoms with E-state index >= 15 is 0 Å². The van der Waals surface area contributed by atoms with Crippen molar-refractivity contribution in [1.82, 2.24) is 0 Å². The molecule has 0 unspecified atom stereocenters. The Morgan fingerprint density at radius 1 is 1.20 bits per heavy atom. The summed E-state index contributed by atoms with van der Waals surface area (Å²) in [4.78, 5) is 11.3. The Kier molecular flexibility index (Phi) is 4.18. The fourth-order valence-corrected chi connectivity index (χ4v) is 2.63. The van der Waals surface area contributed by atoms with Crippen molar-refractivity contribution in [2.75, 3.05) is 14.2 Å². The molecule has 0 fully saturated rings. The molecule has 1 aliphatic heterocycles. The lowest BCUT2D eigenvalue weighted by Crippen LogP contribution is -2.31. The average molecular weight is 280 g/mol. The topological polar surface area (TPSA) is 54.0 Å². The predicted octanol–water partition coefficient (Wildman–Crippen LogP) is 2.79. The van der Waals surface area contributed by atoms with Crippen molar-refractivity contribution in [1.29, 1.82) is 0 Å². The highest BCUT2D eigenvalue weighted by atomic mass is 16.6. The van der Waals surface area contributed by atoms with Gasteiger partial charge in [0.25, 0.3) is 0 Å². The van der Waals surface area contributed by atoms with Crippen molar-refractivity contribution in [3.63, 3.8) is 0 Å². The summed E-state index contributed by atoms with van der Waals surface area (Å²) in [5.41, 5.74) is 1.78. The van der Waals surface area contributed by atoms with Crippen molar-refractivity contribution in [2.45, 2.75) is 39.1 Å².